The molecule has 32 heavy (non-hydrogen) atoms. The molecular formula is C22H21FN4O4S. The number of benzene rings is 2. The minimum atomic E-state index is -0.549. The predicted octanol–water partition coefficient (Wildman–Crippen LogP) is 3.36. The van der Waals surface area contributed by atoms with E-state index >= 15 is 0 Å². The molecule has 0 aliphatic carbocycles. The van der Waals surface area contributed by atoms with Crippen LogP contribution in [0, 0.1) is 5.82 Å². The van der Waals surface area contributed by atoms with Crippen LogP contribution in [-0.2, 0) is 16.0 Å². The number of aromatic nitrogens is 2. The third kappa shape index (κ3) is 5.08. The van der Waals surface area contributed by atoms with Crippen molar-refractivity contribution in [3.8, 4) is 17.1 Å². The number of methoxy groups -OCH3 is 1. The third-order valence-electron chi connectivity index (χ3n) is 4.99. The summed E-state index contributed by atoms with van der Waals surface area (Å²) in [4.78, 5) is 31.3. The number of thioether (sulfide) groups is 1. The first-order chi connectivity index (χ1) is 15.5. The summed E-state index contributed by atoms with van der Waals surface area (Å²) in [7, 11) is 1.57. The van der Waals surface area contributed by atoms with Crippen molar-refractivity contribution in [1.82, 2.24) is 15.0 Å². The first-order valence-electron chi connectivity index (χ1n) is 9.94. The average Bonchev–Trinajstić information content (AvgIpc) is 3.49. The normalized spacial score (nSPS) is 15.6. The number of aryl methyl sites for hydroxylation is 1. The van der Waals surface area contributed by atoms with Gasteiger partial charge in [-0.15, -0.1) is 11.8 Å². The molecule has 0 radical (unpaired) electrons. The van der Waals surface area contributed by atoms with Gasteiger partial charge in [-0.1, -0.05) is 5.16 Å². The van der Waals surface area contributed by atoms with Crippen molar-refractivity contribution in [3.05, 3.63) is 60.2 Å². The van der Waals surface area contributed by atoms with Crippen molar-refractivity contribution in [2.75, 3.05) is 24.1 Å². The van der Waals surface area contributed by atoms with Gasteiger partial charge in [0.15, 0.2) is 0 Å². The number of ether oxygens (including phenoxy) is 1. The van der Waals surface area contributed by atoms with Crippen molar-refractivity contribution in [1.29, 1.82) is 0 Å². The van der Waals surface area contributed by atoms with Gasteiger partial charge in [0.25, 0.3) is 0 Å². The van der Waals surface area contributed by atoms with Crippen molar-refractivity contribution in [2.24, 2.45) is 0 Å². The van der Waals surface area contributed by atoms with E-state index in [-0.39, 0.29) is 30.5 Å². The lowest BCUT2D eigenvalue weighted by atomic mass is 10.2. The van der Waals surface area contributed by atoms with Gasteiger partial charge < -0.3 is 19.5 Å². The molecule has 0 spiro atoms. The Morgan fingerprint density at radius 1 is 1.22 bits per heavy atom. The minimum Gasteiger partial charge on any atom is -0.497 e. The molecule has 2 amide bonds. The quantitative estimate of drug-likeness (QED) is 0.582. The van der Waals surface area contributed by atoms with E-state index < -0.39 is 6.04 Å². The van der Waals surface area contributed by atoms with Crippen molar-refractivity contribution >= 4 is 29.3 Å². The van der Waals surface area contributed by atoms with E-state index in [1.807, 2.05) is 0 Å². The zero-order valence-electron chi connectivity index (χ0n) is 17.3. The number of hydrogen-bond donors (Lipinski definition) is 1. The monoisotopic (exact) mass is 456 g/mol. The molecule has 1 aliphatic heterocycles. The number of carbonyl (C=O) groups excluding carboxylic acids is 2. The minimum absolute atomic E-state index is 0.137. The lowest BCUT2D eigenvalue weighted by Gasteiger charge is -2.23. The molecule has 2 aromatic carbocycles. The van der Waals surface area contributed by atoms with Gasteiger partial charge in [0.1, 0.15) is 17.6 Å². The van der Waals surface area contributed by atoms with E-state index in [4.69, 9.17) is 9.26 Å². The summed E-state index contributed by atoms with van der Waals surface area (Å²) >= 11 is 1.53. The number of hydrogen-bond acceptors (Lipinski definition) is 7. The van der Waals surface area contributed by atoms with E-state index in [0.29, 0.717) is 40.3 Å². The van der Waals surface area contributed by atoms with E-state index in [1.165, 1.54) is 23.9 Å². The summed E-state index contributed by atoms with van der Waals surface area (Å²) in [5.74, 6) is 1.57. The Labute approximate surface area is 188 Å². The van der Waals surface area contributed by atoms with E-state index in [1.54, 1.807) is 48.4 Å². The number of amides is 2. The predicted molar refractivity (Wildman–Crippen MR) is 118 cm³/mol. The van der Waals surface area contributed by atoms with Crippen LogP contribution in [0.1, 0.15) is 12.3 Å². The second kappa shape index (κ2) is 9.82. The largest absolute Gasteiger partial charge is 0.497 e. The van der Waals surface area contributed by atoms with E-state index in [0.717, 1.165) is 0 Å². The Bertz CT molecular complexity index is 1090. The van der Waals surface area contributed by atoms with Gasteiger partial charge in [-0.05, 0) is 48.5 Å². The van der Waals surface area contributed by atoms with Crippen molar-refractivity contribution < 1.29 is 23.2 Å². The second-order valence-corrected chi connectivity index (χ2v) is 8.12. The van der Waals surface area contributed by atoms with Crippen molar-refractivity contribution in [3.63, 3.8) is 0 Å². The number of nitrogens with zero attached hydrogens (tertiary/aromatic N) is 3. The Kier molecular flexibility index (Phi) is 6.69. The van der Waals surface area contributed by atoms with Crippen LogP contribution in [0.4, 0.5) is 10.1 Å². The number of nitrogens with one attached hydrogen (secondary N) is 1. The number of rotatable bonds is 7. The SMILES string of the molecule is COc1ccc(NC(=O)C2CSCN2C(=O)CCc2nc(-c3ccc(F)cc3)no2)cc1. The fraction of sp³-hybridized carbons (Fsp3) is 0.273. The van der Waals surface area contributed by atoms with Crippen LogP contribution in [0.5, 0.6) is 5.75 Å². The molecule has 1 N–H and O–H groups in total. The second-order valence-electron chi connectivity index (χ2n) is 7.12. The molecule has 1 aliphatic rings. The van der Waals surface area contributed by atoms with Crippen LogP contribution in [0.2, 0.25) is 0 Å². The maximum absolute atomic E-state index is 13.1. The molecule has 0 saturated carbocycles. The molecule has 3 aromatic rings. The van der Waals surface area contributed by atoms with E-state index in [9.17, 15) is 14.0 Å². The summed E-state index contributed by atoms with van der Waals surface area (Å²) in [6.07, 6.45) is 0.388. The lowest BCUT2D eigenvalue weighted by Crippen LogP contribution is -2.44. The van der Waals surface area contributed by atoms with Gasteiger partial charge in [0, 0.05) is 29.8 Å². The summed E-state index contributed by atoms with van der Waals surface area (Å²) in [5, 5.41) is 6.73. The molecule has 0 bridgehead atoms. The molecular weight excluding hydrogens is 435 g/mol. The highest BCUT2D eigenvalue weighted by atomic mass is 32.2. The first-order valence-corrected chi connectivity index (χ1v) is 11.1. The summed E-state index contributed by atoms with van der Waals surface area (Å²) in [6, 6.07) is 12.2. The third-order valence-corrected chi connectivity index (χ3v) is 6.00. The Balaban J connectivity index is 1.33. The molecule has 1 unspecified atom stereocenters. The smallest absolute Gasteiger partial charge is 0.248 e. The van der Waals surface area contributed by atoms with Gasteiger partial charge in [-0.2, -0.15) is 4.98 Å². The Hall–Kier alpha value is -3.40. The molecule has 2 heterocycles. The van der Waals surface area contributed by atoms with Gasteiger partial charge in [-0.25, -0.2) is 4.39 Å². The van der Waals surface area contributed by atoms with Crippen LogP contribution in [-0.4, -0.2) is 51.6 Å². The van der Waals surface area contributed by atoms with Crippen LogP contribution in [0.3, 0.4) is 0 Å². The molecule has 1 atom stereocenters. The van der Waals surface area contributed by atoms with Gasteiger partial charge in [0.2, 0.25) is 23.5 Å². The van der Waals surface area contributed by atoms with Gasteiger partial charge in [0.05, 0.1) is 13.0 Å². The Morgan fingerprint density at radius 2 is 1.97 bits per heavy atom. The number of carbonyl (C=O) groups is 2. The molecule has 4 rings (SSSR count). The topological polar surface area (TPSA) is 97.6 Å². The van der Waals surface area contributed by atoms with Crippen LogP contribution in [0.25, 0.3) is 11.4 Å². The standard InChI is InChI=1S/C22H21FN4O4S/c1-30-17-8-6-16(7-9-17)24-22(29)18-12-32-13-27(18)20(28)11-10-19-25-21(26-31-19)14-2-4-15(23)5-3-14/h2-9,18H,10-13H2,1H3,(H,24,29). The molecule has 166 valence electrons. The molecule has 1 aromatic heterocycles. The molecule has 1 fully saturated rings. The molecule has 8 nitrogen and oxygen atoms in total. The fourth-order valence-electron chi connectivity index (χ4n) is 3.24. The molecule has 10 heteroatoms. The zero-order valence-corrected chi connectivity index (χ0v) is 18.1. The highest BCUT2D eigenvalue weighted by molar-refractivity contribution is 7.99. The maximum atomic E-state index is 13.1. The molecule has 1 saturated heterocycles. The highest BCUT2D eigenvalue weighted by Crippen LogP contribution is 2.24. The van der Waals surface area contributed by atoms with Crippen LogP contribution >= 0.6 is 11.8 Å². The first kappa shape index (κ1) is 21.8. The average molecular weight is 456 g/mol. The Morgan fingerprint density at radius 3 is 2.69 bits per heavy atom. The van der Waals surface area contributed by atoms with Crippen LogP contribution in [0.15, 0.2) is 53.1 Å². The summed E-state index contributed by atoms with van der Waals surface area (Å²) < 4.78 is 23.4. The summed E-state index contributed by atoms with van der Waals surface area (Å²) in [5.41, 5.74) is 1.26. The maximum Gasteiger partial charge on any atom is 0.248 e. The van der Waals surface area contributed by atoms with Gasteiger partial charge >= 0.3 is 0 Å². The lowest BCUT2D eigenvalue weighted by molar-refractivity contribution is -0.136. The fourth-order valence-corrected chi connectivity index (χ4v) is 4.42. The highest BCUT2D eigenvalue weighted by Gasteiger charge is 2.34. The summed E-state index contributed by atoms with van der Waals surface area (Å²) in [6.45, 7) is 0. The number of halogens is 1. The van der Waals surface area contributed by atoms with Crippen molar-refractivity contribution in [2.45, 2.75) is 18.9 Å². The van der Waals surface area contributed by atoms with Crippen LogP contribution < -0.4 is 10.1 Å². The van der Waals surface area contributed by atoms with Gasteiger partial charge in [-0.3, -0.25) is 9.59 Å². The zero-order chi connectivity index (χ0) is 22.5. The number of anilines is 1. The van der Waals surface area contributed by atoms with E-state index in [2.05, 4.69) is 15.5 Å².